The second kappa shape index (κ2) is 6.55. The molecule has 1 rings (SSSR count). The maximum absolute atomic E-state index is 12.7. The molecule has 108 valence electrons. The van der Waals surface area contributed by atoms with Gasteiger partial charge in [-0.3, -0.25) is 0 Å². The van der Waals surface area contributed by atoms with Crippen molar-refractivity contribution < 1.29 is 17.9 Å². The van der Waals surface area contributed by atoms with Gasteiger partial charge in [-0.25, -0.2) is 4.98 Å². The second-order valence-corrected chi connectivity index (χ2v) is 3.88. The minimum atomic E-state index is -4.50. The minimum Gasteiger partial charge on any atom is -0.383 e. The molecule has 5 nitrogen and oxygen atoms in total. The van der Waals surface area contributed by atoms with Gasteiger partial charge in [0.15, 0.2) is 5.69 Å². The molecule has 0 amide bonds. The molecule has 1 aromatic heterocycles. The highest BCUT2D eigenvalue weighted by Gasteiger charge is 2.34. The number of aromatic nitrogens is 2. The highest BCUT2D eigenvalue weighted by atomic mass is 19.4. The van der Waals surface area contributed by atoms with Crippen LogP contribution in [0.5, 0.6) is 0 Å². The Bertz CT molecular complexity index is 411. The predicted molar refractivity (Wildman–Crippen MR) is 66.3 cm³/mol. The molecule has 0 bridgehead atoms. The van der Waals surface area contributed by atoms with Gasteiger partial charge in [0.25, 0.3) is 0 Å². The quantitative estimate of drug-likeness (QED) is 0.862. The summed E-state index contributed by atoms with van der Waals surface area (Å²) in [5.74, 6) is 0.173. The lowest BCUT2D eigenvalue weighted by atomic mass is 10.3. The monoisotopic (exact) mass is 278 g/mol. The highest BCUT2D eigenvalue weighted by molar-refractivity contribution is 5.44. The van der Waals surface area contributed by atoms with E-state index < -0.39 is 11.9 Å². The van der Waals surface area contributed by atoms with Crippen LogP contribution in [-0.2, 0) is 10.9 Å². The minimum absolute atomic E-state index is 0.0309. The van der Waals surface area contributed by atoms with Crippen molar-refractivity contribution in [3.63, 3.8) is 0 Å². The first kappa shape index (κ1) is 15.5. The van der Waals surface area contributed by atoms with Crippen LogP contribution in [0.25, 0.3) is 0 Å². The molecule has 0 unspecified atom stereocenters. The number of likely N-dealkylation sites (N-methyl/N-ethyl adjacent to an activating group) is 1. The third kappa shape index (κ3) is 4.55. The van der Waals surface area contributed by atoms with E-state index in [0.29, 0.717) is 19.7 Å². The summed E-state index contributed by atoms with van der Waals surface area (Å²) < 4.78 is 43.1. The average molecular weight is 278 g/mol. The topological polar surface area (TPSA) is 50.3 Å². The Morgan fingerprint density at radius 2 is 2.05 bits per heavy atom. The van der Waals surface area contributed by atoms with E-state index in [1.165, 1.54) is 7.11 Å². The van der Waals surface area contributed by atoms with E-state index >= 15 is 0 Å². The van der Waals surface area contributed by atoms with Crippen LogP contribution in [0.15, 0.2) is 6.07 Å². The zero-order chi connectivity index (χ0) is 14.5. The van der Waals surface area contributed by atoms with Crippen LogP contribution in [0, 0.1) is 0 Å². The molecule has 0 aliphatic rings. The van der Waals surface area contributed by atoms with E-state index in [0.717, 1.165) is 6.07 Å². The van der Waals surface area contributed by atoms with Crippen molar-refractivity contribution in [1.82, 2.24) is 9.97 Å². The molecule has 0 aromatic carbocycles. The number of hydrogen-bond acceptors (Lipinski definition) is 5. The van der Waals surface area contributed by atoms with E-state index in [-0.39, 0.29) is 11.8 Å². The van der Waals surface area contributed by atoms with Crippen molar-refractivity contribution in [2.24, 2.45) is 0 Å². The van der Waals surface area contributed by atoms with Gasteiger partial charge < -0.3 is 15.0 Å². The van der Waals surface area contributed by atoms with Crippen molar-refractivity contribution in [2.45, 2.75) is 13.1 Å². The molecular formula is C11H17F3N4O. The van der Waals surface area contributed by atoms with Gasteiger partial charge in [-0.05, 0) is 6.92 Å². The molecule has 19 heavy (non-hydrogen) atoms. The van der Waals surface area contributed by atoms with Crippen molar-refractivity contribution in [1.29, 1.82) is 0 Å². The van der Waals surface area contributed by atoms with Crippen molar-refractivity contribution in [3.8, 4) is 0 Å². The van der Waals surface area contributed by atoms with Gasteiger partial charge in [0.05, 0.1) is 6.61 Å². The van der Waals surface area contributed by atoms with Crippen LogP contribution in [0.3, 0.4) is 0 Å². The van der Waals surface area contributed by atoms with E-state index in [4.69, 9.17) is 4.74 Å². The fourth-order valence-corrected chi connectivity index (χ4v) is 1.36. The highest BCUT2D eigenvalue weighted by Crippen LogP contribution is 2.30. The average Bonchev–Trinajstić information content (AvgIpc) is 2.35. The van der Waals surface area contributed by atoms with Crippen LogP contribution < -0.4 is 10.2 Å². The zero-order valence-corrected chi connectivity index (χ0v) is 11.1. The summed E-state index contributed by atoms with van der Waals surface area (Å²) >= 11 is 0. The molecule has 1 heterocycles. The first-order valence-electron chi connectivity index (χ1n) is 5.78. The van der Waals surface area contributed by atoms with E-state index in [1.807, 2.05) is 0 Å². The van der Waals surface area contributed by atoms with Gasteiger partial charge in [0.2, 0.25) is 5.95 Å². The smallest absolute Gasteiger partial charge is 0.383 e. The van der Waals surface area contributed by atoms with E-state index in [2.05, 4.69) is 15.3 Å². The summed E-state index contributed by atoms with van der Waals surface area (Å²) in [6.07, 6.45) is -4.50. The van der Waals surface area contributed by atoms with Gasteiger partial charge in [0, 0.05) is 33.3 Å². The molecular weight excluding hydrogens is 261 g/mol. The maximum atomic E-state index is 12.7. The Hall–Kier alpha value is -1.57. The van der Waals surface area contributed by atoms with Crippen molar-refractivity contribution in [3.05, 3.63) is 11.8 Å². The number of methoxy groups -OCH3 is 1. The number of nitrogens with one attached hydrogen (secondary N) is 1. The lowest BCUT2D eigenvalue weighted by Crippen LogP contribution is -2.24. The molecule has 0 saturated carbocycles. The molecule has 0 aliphatic heterocycles. The van der Waals surface area contributed by atoms with Gasteiger partial charge in [-0.2, -0.15) is 18.2 Å². The number of ether oxygens (including phenoxy) is 1. The summed E-state index contributed by atoms with van der Waals surface area (Å²) in [5.41, 5.74) is -0.960. The number of anilines is 2. The SMILES string of the molecule is CCNc1nc(N(C)CCOC)cc(C(F)(F)F)n1. The number of hydrogen-bond donors (Lipinski definition) is 1. The zero-order valence-electron chi connectivity index (χ0n) is 11.1. The molecule has 0 fully saturated rings. The summed E-state index contributed by atoms with van der Waals surface area (Å²) in [6.45, 7) is 3.05. The Morgan fingerprint density at radius 3 is 2.58 bits per heavy atom. The fourth-order valence-electron chi connectivity index (χ4n) is 1.36. The summed E-state index contributed by atoms with van der Waals surface area (Å²) in [6, 6.07) is 0.927. The first-order chi connectivity index (χ1) is 8.88. The van der Waals surface area contributed by atoms with Crippen molar-refractivity contribution >= 4 is 11.8 Å². The van der Waals surface area contributed by atoms with Crippen LogP contribution in [0.4, 0.5) is 24.9 Å². The number of halogens is 3. The maximum Gasteiger partial charge on any atom is 0.433 e. The first-order valence-corrected chi connectivity index (χ1v) is 5.78. The molecule has 0 atom stereocenters. The molecule has 8 heteroatoms. The van der Waals surface area contributed by atoms with E-state index in [1.54, 1.807) is 18.9 Å². The van der Waals surface area contributed by atoms with Crippen LogP contribution >= 0.6 is 0 Å². The molecule has 0 aliphatic carbocycles. The Morgan fingerprint density at radius 1 is 1.37 bits per heavy atom. The van der Waals surface area contributed by atoms with Crippen molar-refractivity contribution in [2.75, 3.05) is 44.1 Å². The summed E-state index contributed by atoms with van der Waals surface area (Å²) in [5, 5.41) is 2.69. The number of alkyl halides is 3. The molecule has 1 N–H and O–H groups in total. The Kier molecular flexibility index (Phi) is 5.34. The van der Waals surface area contributed by atoms with Gasteiger partial charge in [0.1, 0.15) is 5.82 Å². The van der Waals surface area contributed by atoms with Crippen LogP contribution in [0.1, 0.15) is 12.6 Å². The largest absolute Gasteiger partial charge is 0.433 e. The Balaban J connectivity index is 3.05. The summed E-state index contributed by atoms with van der Waals surface area (Å²) in [7, 11) is 3.18. The predicted octanol–water partition coefficient (Wildman–Crippen LogP) is 2.01. The summed E-state index contributed by atoms with van der Waals surface area (Å²) in [4.78, 5) is 9.07. The fraction of sp³-hybridized carbons (Fsp3) is 0.636. The third-order valence-electron chi connectivity index (χ3n) is 2.36. The molecule has 0 saturated heterocycles. The van der Waals surface area contributed by atoms with E-state index in [9.17, 15) is 13.2 Å². The van der Waals surface area contributed by atoms with Gasteiger partial charge in [-0.15, -0.1) is 0 Å². The Labute approximate surface area is 109 Å². The molecule has 0 spiro atoms. The van der Waals surface area contributed by atoms with Crippen LogP contribution in [0.2, 0.25) is 0 Å². The third-order valence-corrected chi connectivity index (χ3v) is 2.36. The molecule has 1 aromatic rings. The van der Waals surface area contributed by atoms with Crippen LogP contribution in [-0.4, -0.2) is 43.8 Å². The normalized spacial score (nSPS) is 11.5. The van der Waals surface area contributed by atoms with Gasteiger partial charge in [-0.1, -0.05) is 0 Å². The standard InChI is InChI=1S/C11H17F3N4O/c1-4-15-10-16-8(11(12,13)14)7-9(17-10)18(2)5-6-19-3/h7H,4-6H2,1-3H3,(H,15,16,17). The van der Waals surface area contributed by atoms with Gasteiger partial charge >= 0.3 is 6.18 Å². The lowest BCUT2D eigenvalue weighted by molar-refractivity contribution is -0.141. The molecule has 0 radical (unpaired) electrons. The second-order valence-electron chi connectivity index (χ2n) is 3.88. The number of nitrogens with zero attached hydrogens (tertiary/aromatic N) is 3. The lowest BCUT2D eigenvalue weighted by Gasteiger charge is -2.19. The number of rotatable bonds is 6.